The molecule has 1 fully saturated rings. The molecule has 3 rings (SSSR count). The highest BCUT2D eigenvalue weighted by Gasteiger charge is 2.32. The van der Waals surface area contributed by atoms with Crippen LogP contribution in [-0.4, -0.2) is 39.9 Å². The van der Waals surface area contributed by atoms with Crippen LogP contribution in [0.1, 0.15) is 31.4 Å². The molecule has 2 N–H and O–H groups in total. The molecule has 0 radical (unpaired) electrons. The second kappa shape index (κ2) is 7.90. The highest BCUT2D eigenvalue weighted by Crippen LogP contribution is 2.24. The molecule has 0 bridgehead atoms. The average molecular weight is 371 g/mol. The van der Waals surface area contributed by atoms with Gasteiger partial charge in [0, 0.05) is 37.8 Å². The molecule has 1 saturated heterocycles. The van der Waals surface area contributed by atoms with Crippen LogP contribution in [0.25, 0.3) is 0 Å². The SMILES string of the molecule is Cc1cnc(N2CCC(=O)N(Cc3ccc(F)cc3)[C@@H](C(C)C)C2)nc1N. The zero-order valence-electron chi connectivity index (χ0n) is 16.0. The van der Waals surface area contributed by atoms with E-state index in [2.05, 4.69) is 23.8 Å². The van der Waals surface area contributed by atoms with Gasteiger partial charge in [0.2, 0.25) is 11.9 Å². The molecule has 27 heavy (non-hydrogen) atoms. The van der Waals surface area contributed by atoms with E-state index in [0.29, 0.717) is 37.8 Å². The van der Waals surface area contributed by atoms with Crippen LogP contribution in [0.2, 0.25) is 0 Å². The lowest BCUT2D eigenvalue weighted by molar-refractivity contribution is -0.134. The smallest absolute Gasteiger partial charge is 0.227 e. The number of hydrogen-bond acceptors (Lipinski definition) is 5. The Morgan fingerprint density at radius 3 is 2.63 bits per heavy atom. The number of nitrogens with zero attached hydrogens (tertiary/aromatic N) is 4. The molecule has 1 aromatic carbocycles. The summed E-state index contributed by atoms with van der Waals surface area (Å²) in [6, 6.07) is 6.31. The van der Waals surface area contributed by atoms with Gasteiger partial charge in [-0.25, -0.2) is 9.37 Å². The van der Waals surface area contributed by atoms with Crippen molar-refractivity contribution in [2.75, 3.05) is 23.7 Å². The second-order valence-corrected chi connectivity index (χ2v) is 7.39. The van der Waals surface area contributed by atoms with Gasteiger partial charge in [0.05, 0.1) is 6.04 Å². The van der Waals surface area contributed by atoms with Gasteiger partial charge in [-0.15, -0.1) is 0 Å². The van der Waals surface area contributed by atoms with Crippen molar-refractivity contribution in [3.05, 3.63) is 47.4 Å². The largest absolute Gasteiger partial charge is 0.383 e. The van der Waals surface area contributed by atoms with E-state index < -0.39 is 0 Å². The third kappa shape index (κ3) is 4.35. The van der Waals surface area contributed by atoms with Gasteiger partial charge in [0.1, 0.15) is 11.6 Å². The summed E-state index contributed by atoms with van der Waals surface area (Å²) in [5, 5.41) is 0. The Hall–Kier alpha value is -2.70. The second-order valence-electron chi connectivity index (χ2n) is 7.39. The van der Waals surface area contributed by atoms with Crippen LogP contribution in [0.4, 0.5) is 16.2 Å². The van der Waals surface area contributed by atoms with Crippen molar-refractivity contribution in [1.29, 1.82) is 0 Å². The maximum Gasteiger partial charge on any atom is 0.227 e. The minimum absolute atomic E-state index is 0.00354. The Labute approximate surface area is 159 Å². The van der Waals surface area contributed by atoms with Gasteiger partial charge < -0.3 is 15.5 Å². The standard InChI is InChI=1S/C20H26FN5O/c1-13(2)17-12-25(20-23-10-14(3)19(22)24-20)9-8-18(27)26(17)11-15-4-6-16(21)7-5-15/h4-7,10,13,17H,8-9,11-12H2,1-3H3,(H2,22,23,24)/t17-/m1/s1. The van der Waals surface area contributed by atoms with Crippen molar-refractivity contribution in [2.24, 2.45) is 5.92 Å². The maximum absolute atomic E-state index is 13.2. The molecule has 1 aliphatic heterocycles. The normalized spacial score (nSPS) is 18.1. The molecule has 2 aromatic rings. The number of rotatable bonds is 4. The van der Waals surface area contributed by atoms with Gasteiger partial charge in [0.25, 0.3) is 0 Å². The first-order valence-corrected chi connectivity index (χ1v) is 9.23. The monoisotopic (exact) mass is 371 g/mol. The Bertz CT molecular complexity index is 809. The summed E-state index contributed by atoms with van der Waals surface area (Å²) in [7, 11) is 0. The number of halogens is 1. The van der Waals surface area contributed by atoms with Crippen molar-refractivity contribution in [3.63, 3.8) is 0 Å². The van der Waals surface area contributed by atoms with Crippen molar-refractivity contribution >= 4 is 17.7 Å². The molecule has 1 aromatic heterocycles. The van der Waals surface area contributed by atoms with E-state index in [9.17, 15) is 9.18 Å². The molecule has 144 valence electrons. The van der Waals surface area contributed by atoms with E-state index in [4.69, 9.17) is 5.73 Å². The Balaban J connectivity index is 1.85. The average Bonchev–Trinajstić information content (AvgIpc) is 2.79. The molecule has 0 unspecified atom stereocenters. The first-order chi connectivity index (χ1) is 12.8. The molecular weight excluding hydrogens is 345 g/mol. The Morgan fingerprint density at radius 2 is 2.00 bits per heavy atom. The molecule has 6 nitrogen and oxygen atoms in total. The molecular formula is C20H26FN5O. The predicted molar refractivity (Wildman–Crippen MR) is 104 cm³/mol. The summed E-state index contributed by atoms with van der Waals surface area (Å²) in [4.78, 5) is 25.6. The van der Waals surface area contributed by atoms with Crippen LogP contribution < -0.4 is 10.6 Å². The van der Waals surface area contributed by atoms with Gasteiger partial charge >= 0.3 is 0 Å². The zero-order chi connectivity index (χ0) is 19.6. The highest BCUT2D eigenvalue weighted by atomic mass is 19.1. The first kappa shape index (κ1) is 19.1. The number of aryl methyl sites for hydroxylation is 1. The van der Waals surface area contributed by atoms with E-state index >= 15 is 0 Å². The van der Waals surface area contributed by atoms with Crippen molar-refractivity contribution in [1.82, 2.24) is 14.9 Å². The third-order valence-electron chi connectivity index (χ3n) is 5.04. The summed E-state index contributed by atoms with van der Waals surface area (Å²) in [6.45, 7) is 7.71. The fourth-order valence-electron chi connectivity index (χ4n) is 3.32. The van der Waals surface area contributed by atoms with Gasteiger partial charge in [-0.1, -0.05) is 26.0 Å². The number of hydrogen-bond donors (Lipinski definition) is 1. The molecule has 2 heterocycles. The van der Waals surface area contributed by atoms with Crippen LogP contribution >= 0.6 is 0 Å². The third-order valence-corrected chi connectivity index (χ3v) is 5.04. The molecule has 1 aliphatic rings. The lowest BCUT2D eigenvalue weighted by atomic mass is 10.0. The van der Waals surface area contributed by atoms with Crippen LogP contribution in [0.5, 0.6) is 0 Å². The van der Waals surface area contributed by atoms with Crippen LogP contribution in [0, 0.1) is 18.7 Å². The highest BCUT2D eigenvalue weighted by molar-refractivity contribution is 5.78. The van der Waals surface area contributed by atoms with E-state index in [1.807, 2.05) is 16.7 Å². The van der Waals surface area contributed by atoms with Gasteiger partial charge in [-0.3, -0.25) is 4.79 Å². The van der Waals surface area contributed by atoms with E-state index in [1.165, 1.54) is 12.1 Å². The Morgan fingerprint density at radius 1 is 1.30 bits per heavy atom. The van der Waals surface area contributed by atoms with E-state index in [1.54, 1.807) is 18.3 Å². The number of carbonyl (C=O) groups is 1. The number of carbonyl (C=O) groups excluding carboxylic acids is 1. The molecule has 1 amide bonds. The van der Waals surface area contributed by atoms with Crippen molar-refractivity contribution < 1.29 is 9.18 Å². The van der Waals surface area contributed by atoms with Crippen LogP contribution in [-0.2, 0) is 11.3 Å². The van der Waals surface area contributed by atoms with Gasteiger partial charge in [0.15, 0.2) is 0 Å². The summed E-state index contributed by atoms with van der Waals surface area (Å²) >= 11 is 0. The Kier molecular flexibility index (Phi) is 5.58. The van der Waals surface area contributed by atoms with Gasteiger partial charge in [-0.2, -0.15) is 4.98 Å². The van der Waals surface area contributed by atoms with Crippen molar-refractivity contribution in [3.8, 4) is 0 Å². The summed E-state index contributed by atoms with van der Waals surface area (Å²) < 4.78 is 13.2. The van der Waals surface area contributed by atoms with E-state index in [0.717, 1.165) is 11.1 Å². The summed E-state index contributed by atoms with van der Waals surface area (Å²) in [6.07, 6.45) is 2.09. The quantitative estimate of drug-likeness (QED) is 0.894. The summed E-state index contributed by atoms with van der Waals surface area (Å²) in [5.74, 6) is 1.07. The predicted octanol–water partition coefficient (Wildman–Crippen LogP) is 2.77. The topological polar surface area (TPSA) is 75.4 Å². The fraction of sp³-hybridized carbons (Fsp3) is 0.450. The van der Waals surface area contributed by atoms with E-state index in [-0.39, 0.29) is 23.7 Å². The number of nitrogens with two attached hydrogens (primary N) is 1. The number of anilines is 2. The first-order valence-electron chi connectivity index (χ1n) is 9.23. The number of benzene rings is 1. The lowest BCUT2D eigenvalue weighted by Gasteiger charge is -2.34. The molecule has 1 atom stereocenters. The zero-order valence-corrected chi connectivity index (χ0v) is 16.0. The maximum atomic E-state index is 13.2. The van der Waals surface area contributed by atoms with Crippen LogP contribution in [0.3, 0.4) is 0 Å². The van der Waals surface area contributed by atoms with Crippen molar-refractivity contribution in [2.45, 2.75) is 39.8 Å². The lowest BCUT2D eigenvalue weighted by Crippen LogP contribution is -2.46. The number of aromatic nitrogens is 2. The fourth-order valence-corrected chi connectivity index (χ4v) is 3.32. The van der Waals surface area contributed by atoms with Gasteiger partial charge in [-0.05, 0) is 30.5 Å². The molecule has 0 spiro atoms. The van der Waals surface area contributed by atoms with Crippen LogP contribution in [0.15, 0.2) is 30.5 Å². The molecule has 7 heteroatoms. The molecule has 0 aliphatic carbocycles. The molecule has 0 saturated carbocycles. The number of amides is 1. The summed E-state index contributed by atoms with van der Waals surface area (Å²) in [5.41, 5.74) is 7.70. The minimum Gasteiger partial charge on any atom is -0.383 e. The number of nitrogen functional groups attached to an aromatic ring is 1. The minimum atomic E-state index is -0.276.